The van der Waals surface area contributed by atoms with Crippen molar-refractivity contribution in [2.45, 2.75) is 0 Å². The van der Waals surface area contributed by atoms with Gasteiger partial charge in [0.2, 0.25) is 0 Å². The molecule has 0 bridgehead atoms. The SMILES string of the molecule is COc1ccc2c(=O)c3ccccc3n(C)c2c1. The predicted molar refractivity (Wildman–Crippen MR) is 73.2 cm³/mol. The summed E-state index contributed by atoms with van der Waals surface area (Å²) in [5.74, 6) is 0.757. The normalized spacial score (nSPS) is 11.0. The van der Waals surface area contributed by atoms with Gasteiger partial charge in [0.05, 0.1) is 18.1 Å². The van der Waals surface area contributed by atoms with E-state index in [-0.39, 0.29) is 5.43 Å². The molecule has 0 radical (unpaired) electrons. The number of fused-ring (bicyclic) bond motifs is 2. The Balaban J connectivity index is 2.58. The zero-order valence-electron chi connectivity index (χ0n) is 10.3. The first-order valence-corrected chi connectivity index (χ1v) is 5.78. The van der Waals surface area contributed by atoms with Crippen molar-refractivity contribution >= 4 is 21.8 Å². The Labute approximate surface area is 104 Å². The average molecular weight is 239 g/mol. The maximum absolute atomic E-state index is 12.4. The molecule has 90 valence electrons. The van der Waals surface area contributed by atoms with Crippen molar-refractivity contribution < 1.29 is 4.74 Å². The fourth-order valence-electron chi connectivity index (χ4n) is 2.34. The summed E-state index contributed by atoms with van der Waals surface area (Å²) in [6, 6.07) is 13.2. The van der Waals surface area contributed by atoms with Crippen LogP contribution in [0.4, 0.5) is 0 Å². The van der Waals surface area contributed by atoms with Gasteiger partial charge in [-0.15, -0.1) is 0 Å². The fourth-order valence-corrected chi connectivity index (χ4v) is 2.34. The molecular formula is C15H13NO2. The maximum Gasteiger partial charge on any atom is 0.197 e. The zero-order chi connectivity index (χ0) is 12.7. The van der Waals surface area contributed by atoms with E-state index in [4.69, 9.17) is 4.74 Å². The minimum absolute atomic E-state index is 0.0707. The molecule has 0 spiro atoms. The Morgan fingerprint density at radius 1 is 1.00 bits per heavy atom. The van der Waals surface area contributed by atoms with Gasteiger partial charge in [0.1, 0.15) is 5.75 Å². The maximum atomic E-state index is 12.4. The van der Waals surface area contributed by atoms with Gasteiger partial charge < -0.3 is 9.30 Å². The van der Waals surface area contributed by atoms with Crippen molar-refractivity contribution in [2.24, 2.45) is 7.05 Å². The highest BCUT2D eigenvalue weighted by Crippen LogP contribution is 2.21. The number of aromatic nitrogens is 1. The molecule has 1 aromatic heterocycles. The van der Waals surface area contributed by atoms with Gasteiger partial charge in [0.25, 0.3) is 0 Å². The Kier molecular flexibility index (Phi) is 2.33. The Morgan fingerprint density at radius 3 is 2.50 bits per heavy atom. The summed E-state index contributed by atoms with van der Waals surface area (Å²) in [6.45, 7) is 0. The lowest BCUT2D eigenvalue weighted by Crippen LogP contribution is -2.08. The van der Waals surface area contributed by atoms with Crippen LogP contribution in [0.3, 0.4) is 0 Å². The molecule has 0 atom stereocenters. The van der Waals surface area contributed by atoms with Crippen molar-refractivity contribution in [1.82, 2.24) is 4.57 Å². The van der Waals surface area contributed by atoms with Gasteiger partial charge in [0, 0.05) is 23.9 Å². The van der Waals surface area contributed by atoms with E-state index >= 15 is 0 Å². The number of rotatable bonds is 1. The van der Waals surface area contributed by atoms with Crippen molar-refractivity contribution in [3.63, 3.8) is 0 Å². The average Bonchev–Trinajstić information content (AvgIpc) is 2.44. The number of aryl methyl sites for hydroxylation is 1. The number of para-hydroxylation sites is 1. The molecule has 0 saturated carbocycles. The molecule has 3 heteroatoms. The largest absolute Gasteiger partial charge is 0.497 e. The van der Waals surface area contributed by atoms with E-state index in [2.05, 4.69) is 0 Å². The van der Waals surface area contributed by atoms with Crippen LogP contribution in [0, 0.1) is 0 Å². The highest BCUT2D eigenvalue weighted by atomic mass is 16.5. The fraction of sp³-hybridized carbons (Fsp3) is 0.133. The lowest BCUT2D eigenvalue weighted by Gasteiger charge is -2.11. The van der Waals surface area contributed by atoms with Gasteiger partial charge in [-0.05, 0) is 24.3 Å². The van der Waals surface area contributed by atoms with E-state index in [9.17, 15) is 4.79 Å². The summed E-state index contributed by atoms with van der Waals surface area (Å²) >= 11 is 0. The minimum atomic E-state index is 0.0707. The van der Waals surface area contributed by atoms with Gasteiger partial charge in [-0.3, -0.25) is 4.79 Å². The standard InChI is InChI=1S/C15H13NO2/c1-16-13-6-4-3-5-11(13)15(17)12-8-7-10(18-2)9-14(12)16/h3-9H,1-2H3. The first-order valence-electron chi connectivity index (χ1n) is 5.78. The van der Waals surface area contributed by atoms with E-state index in [0.29, 0.717) is 0 Å². The van der Waals surface area contributed by atoms with Gasteiger partial charge in [-0.25, -0.2) is 0 Å². The van der Waals surface area contributed by atoms with E-state index in [1.165, 1.54) is 0 Å². The van der Waals surface area contributed by atoms with Crippen LogP contribution in [0.1, 0.15) is 0 Å². The van der Waals surface area contributed by atoms with Crippen molar-refractivity contribution in [3.05, 3.63) is 52.7 Å². The van der Waals surface area contributed by atoms with Crippen LogP contribution >= 0.6 is 0 Å². The van der Waals surface area contributed by atoms with Crippen LogP contribution in [-0.2, 0) is 7.05 Å². The van der Waals surface area contributed by atoms with E-state index in [1.54, 1.807) is 7.11 Å². The number of pyridine rings is 1. The van der Waals surface area contributed by atoms with Crippen LogP contribution in [0.5, 0.6) is 5.75 Å². The molecule has 0 amide bonds. The third-order valence-corrected chi connectivity index (χ3v) is 3.32. The molecule has 3 aromatic rings. The molecule has 3 nitrogen and oxygen atoms in total. The molecule has 3 rings (SSSR count). The summed E-state index contributed by atoms with van der Waals surface area (Å²) in [5.41, 5.74) is 1.89. The first-order chi connectivity index (χ1) is 8.72. The van der Waals surface area contributed by atoms with Gasteiger partial charge in [-0.2, -0.15) is 0 Å². The summed E-state index contributed by atoms with van der Waals surface area (Å²) in [4.78, 5) is 12.4. The summed E-state index contributed by atoms with van der Waals surface area (Å²) < 4.78 is 7.24. The minimum Gasteiger partial charge on any atom is -0.497 e. The van der Waals surface area contributed by atoms with Crippen molar-refractivity contribution in [2.75, 3.05) is 7.11 Å². The van der Waals surface area contributed by atoms with Crippen molar-refractivity contribution in [3.8, 4) is 5.75 Å². The Hall–Kier alpha value is -2.29. The third kappa shape index (κ3) is 1.40. The molecule has 0 saturated heterocycles. The summed E-state index contributed by atoms with van der Waals surface area (Å²) in [6.07, 6.45) is 0. The highest BCUT2D eigenvalue weighted by molar-refractivity contribution is 5.93. The lowest BCUT2D eigenvalue weighted by atomic mass is 10.1. The molecule has 0 aliphatic heterocycles. The van der Waals surface area contributed by atoms with E-state index in [1.807, 2.05) is 54.1 Å². The third-order valence-electron chi connectivity index (χ3n) is 3.32. The van der Waals surface area contributed by atoms with Crippen LogP contribution < -0.4 is 10.2 Å². The van der Waals surface area contributed by atoms with Crippen molar-refractivity contribution in [1.29, 1.82) is 0 Å². The number of methoxy groups -OCH3 is 1. The monoisotopic (exact) mass is 239 g/mol. The molecule has 1 heterocycles. The number of hydrogen-bond donors (Lipinski definition) is 0. The molecule has 18 heavy (non-hydrogen) atoms. The molecule has 0 aliphatic carbocycles. The predicted octanol–water partition coefficient (Wildman–Crippen LogP) is 2.70. The summed E-state index contributed by atoms with van der Waals surface area (Å²) in [5, 5.41) is 1.47. The second-order valence-corrected chi connectivity index (χ2v) is 4.29. The topological polar surface area (TPSA) is 31.2 Å². The zero-order valence-corrected chi connectivity index (χ0v) is 10.3. The molecule has 0 fully saturated rings. The van der Waals surface area contributed by atoms with Gasteiger partial charge in [-0.1, -0.05) is 12.1 Å². The molecular weight excluding hydrogens is 226 g/mol. The van der Waals surface area contributed by atoms with E-state index < -0.39 is 0 Å². The van der Waals surface area contributed by atoms with Crippen LogP contribution in [0.2, 0.25) is 0 Å². The first kappa shape index (κ1) is 10.8. The quantitative estimate of drug-likeness (QED) is 0.611. The molecule has 0 unspecified atom stereocenters. The lowest BCUT2D eigenvalue weighted by molar-refractivity contribution is 0.415. The highest BCUT2D eigenvalue weighted by Gasteiger charge is 2.08. The number of hydrogen-bond acceptors (Lipinski definition) is 2. The Bertz CT molecular complexity index is 803. The van der Waals surface area contributed by atoms with Crippen LogP contribution in [-0.4, -0.2) is 11.7 Å². The smallest absolute Gasteiger partial charge is 0.197 e. The molecule has 0 aliphatic rings. The van der Waals surface area contributed by atoms with Crippen LogP contribution in [0.25, 0.3) is 21.8 Å². The van der Waals surface area contributed by atoms with E-state index in [0.717, 1.165) is 27.6 Å². The van der Waals surface area contributed by atoms with Gasteiger partial charge >= 0.3 is 0 Å². The second-order valence-electron chi connectivity index (χ2n) is 4.29. The summed E-state index contributed by atoms with van der Waals surface area (Å²) in [7, 11) is 3.59. The number of benzene rings is 2. The van der Waals surface area contributed by atoms with Gasteiger partial charge in [0.15, 0.2) is 5.43 Å². The molecule has 2 aromatic carbocycles. The number of nitrogens with zero attached hydrogens (tertiary/aromatic N) is 1. The molecule has 0 N–H and O–H groups in total. The number of ether oxygens (including phenoxy) is 1. The Morgan fingerprint density at radius 2 is 1.72 bits per heavy atom. The second kappa shape index (κ2) is 3.88. The van der Waals surface area contributed by atoms with Crippen LogP contribution in [0.15, 0.2) is 47.3 Å².